The molecule has 216 valence electrons. The molecule has 1 aliphatic heterocycles. The van der Waals surface area contributed by atoms with Gasteiger partial charge in [0.1, 0.15) is 5.75 Å². The molecule has 0 bridgehead atoms. The molecule has 0 radical (unpaired) electrons. The van der Waals surface area contributed by atoms with Crippen LogP contribution in [0.2, 0.25) is 0 Å². The minimum Gasteiger partial charge on any atom is -0.494 e. The molecule has 0 fully saturated rings. The van der Waals surface area contributed by atoms with Crippen molar-refractivity contribution in [1.29, 1.82) is 0 Å². The second-order valence-electron chi connectivity index (χ2n) is 10.3. The van der Waals surface area contributed by atoms with E-state index < -0.39 is 11.6 Å². The lowest BCUT2D eigenvalue weighted by molar-refractivity contribution is -0.130. The minimum atomic E-state index is -1.29. The molecule has 0 unspecified atom stereocenters. The van der Waals surface area contributed by atoms with Crippen LogP contribution in [-0.4, -0.2) is 35.7 Å². The van der Waals surface area contributed by atoms with Gasteiger partial charge in [0.15, 0.2) is 11.6 Å². The smallest absolute Gasteiger partial charge is 0.266 e. The summed E-state index contributed by atoms with van der Waals surface area (Å²) in [5.41, 5.74) is 9.53. The number of aryl methyl sites for hydroxylation is 1. The zero-order valence-corrected chi connectivity index (χ0v) is 25.0. The average Bonchev–Trinajstić information content (AvgIpc) is 3.40. The van der Waals surface area contributed by atoms with Crippen LogP contribution in [0.4, 0.5) is 0 Å². The first-order valence-corrected chi connectivity index (χ1v) is 14.7. The van der Waals surface area contributed by atoms with Gasteiger partial charge in [-0.1, -0.05) is 88.2 Å². The fraction of sp³-hybridized carbons (Fsp3) is 0.235. The van der Waals surface area contributed by atoms with E-state index in [4.69, 9.17) is 19.6 Å². The first kappa shape index (κ1) is 29.5. The molecule has 0 aliphatic carbocycles. The number of benzene rings is 4. The highest BCUT2D eigenvalue weighted by atomic mass is 79.9. The van der Waals surface area contributed by atoms with Crippen molar-refractivity contribution in [3.63, 3.8) is 0 Å². The largest absolute Gasteiger partial charge is 0.494 e. The molecule has 1 heterocycles. The molecule has 4 aromatic rings. The molecule has 4 aromatic carbocycles. The molecule has 0 saturated carbocycles. The van der Waals surface area contributed by atoms with Crippen molar-refractivity contribution in [2.75, 3.05) is 13.2 Å². The maximum Gasteiger partial charge on any atom is 0.266 e. The monoisotopic (exact) mass is 627 g/mol. The van der Waals surface area contributed by atoms with Crippen molar-refractivity contribution in [1.82, 2.24) is 10.9 Å². The van der Waals surface area contributed by atoms with E-state index >= 15 is 0 Å². The summed E-state index contributed by atoms with van der Waals surface area (Å²) >= 11 is 3.51. The Labute approximate surface area is 254 Å². The predicted molar refractivity (Wildman–Crippen MR) is 167 cm³/mol. The first-order valence-electron chi connectivity index (χ1n) is 14.0. The summed E-state index contributed by atoms with van der Waals surface area (Å²) in [5, 5.41) is 9.04. The summed E-state index contributed by atoms with van der Waals surface area (Å²) in [6.45, 7) is 3.01. The van der Waals surface area contributed by atoms with E-state index in [-0.39, 0.29) is 12.5 Å². The van der Waals surface area contributed by atoms with E-state index in [9.17, 15) is 4.79 Å². The van der Waals surface area contributed by atoms with E-state index in [0.717, 1.165) is 32.3 Å². The number of hydrazine groups is 1. The molecule has 2 atom stereocenters. The third-order valence-corrected chi connectivity index (χ3v) is 7.62. The number of carbonyl (C=O) groups is 1. The normalized spacial score (nSPS) is 17.8. The van der Waals surface area contributed by atoms with Crippen LogP contribution in [-0.2, 0) is 22.5 Å². The maximum absolute atomic E-state index is 14.2. The topological polar surface area (TPSA) is 92.2 Å². The number of aliphatic hydroxyl groups excluding tert-OH is 1. The second-order valence-corrected chi connectivity index (χ2v) is 11.2. The van der Waals surface area contributed by atoms with Gasteiger partial charge in [0.2, 0.25) is 5.90 Å². The van der Waals surface area contributed by atoms with Crippen molar-refractivity contribution >= 4 is 27.7 Å². The molecular weight excluding hydrogens is 594 g/mol. The SMILES string of the molecule is Cc1cccc(CNNC(=O)[C@@]2(Cc3ccc(Br)cc3)N=C(c3ccc(OCCCO)cc3)O[C@H]2c2ccccc2)c1. The van der Waals surface area contributed by atoms with E-state index in [2.05, 4.69) is 32.8 Å². The zero-order chi connectivity index (χ0) is 29.4. The first-order chi connectivity index (χ1) is 20.5. The Bertz CT molecular complexity index is 1510. The average molecular weight is 629 g/mol. The Balaban J connectivity index is 1.49. The summed E-state index contributed by atoms with van der Waals surface area (Å²) in [4.78, 5) is 19.3. The van der Waals surface area contributed by atoms with Crippen LogP contribution >= 0.6 is 15.9 Å². The highest BCUT2D eigenvalue weighted by molar-refractivity contribution is 9.10. The summed E-state index contributed by atoms with van der Waals surface area (Å²) in [6, 6.07) is 33.2. The van der Waals surface area contributed by atoms with Crippen LogP contribution < -0.4 is 15.6 Å². The Morgan fingerprint density at radius 3 is 2.45 bits per heavy atom. The zero-order valence-electron chi connectivity index (χ0n) is 23.4. The van der Waals surface area contributed by atoms with E-state index in [1.807, 2.05) is 104 Å². The van der Waals surface area contributed by atoms with Gasteiger partial charge in [-0.2, -0.15) is 0 Å². The molecule has 5 rings (SSSR count). The molecule has 1 amide bonds. The van der Waals surface area contributed by atoms with Gasteiger partial charge in [-0.3, -0.25) is 10.2 Å². The molecule has 0 spiro atoms. The van der Waals surface area contributed by atoms with Crippen molar-refractivity contribution in [2.24, 2.45) is 4.99 Å². The quantitative estimate of drug-likeness (QED) is 0.136. The maximum atomic E-state index is 14.2. The predicted octanol–water partition coefficient (Wildman–Crippen LogP) is 5.84. The number of rotatable bonds is 12. The van der Waals surface area contributed by atoms with Gasteiger partial charge >= 0.3 is 0 Å². The number of aliphatic hydroxyl groups is 1. The van der Waals surface area contributed by atoms with E-state index in [1.165, 1.54) is 0 Å². The number of nitrogens with one attached hydrogen (secondary N) is 2. The Hall–Kier alpha value is -3.98. The Morgan fingerprint density at radius 1 is 0.976 bits per heavy atom. The molecule has 0 aromatic heterocycles. The molecule has 3 N–H and O–H groups in total. The van der Waals surface area contributed by atoms with Crippen molar-refractivity contribution < 1.29 is 19.4 Å². The fourth-order valence-electron chi connectivity index (χ4n) is 4.98. The van der Waals surface area contributed by atoms with Crippen molar-refractivity contribution in [2.45, 2.75) is 38.0 Å². The van der Waals surface area contributed by atoms with Gasteiger partial charge in [-0.05, 0) is 60.0 Å². The van der Waals surface area contributed by atoms with Gasteiger partial charge in [0.05, 0.1) is 6.61 Å². The number of ether oxygens (including phenoxy) is 2. The summed E-state index contributed by atoms with van der Waals surface area (Å²) in [5.74, 6) is 0.784. The number of hydrogen-bond donors (Lipinski definition) is 3. The summed E-state index contributed by atoms with van der Waals surface area (Å²) in [7, 11) is 0. The van der Waals surface area contributed by atoms with E-state index in [1.54, 1.807) is 0 Å². The van der Waals surface area contributed by atoms with E-state index in [0.29, 0.717) is 37.6 Å². The number of hydrogen-bond acceptors (Lipinski definition) is 6. The second kappa shape index (κ2) is 13.8. The highest BCUT2D eigenvalue weighted by Gasteiger charge is 2.53. The lowest BCUT2D eigenvalue weighted by Gasteiger charge is -2.31. The van der Waals surface area contributed by atoms with Gasteiger partial charge < -0.3 is 14.6 Å². The Kier molecular flexibility index (Phi) is 9.69. The number of nitrogens with zero attached hydrogens (tertiary/aromatic N) is 1. The van der Waals surface area contributed by atoms with Crippen LogP contribution in [0.15, 0.2) is 113 Å². The Morgan fingerprint density at radius 2 is 1.74 bits per heavy atom. The molecular formula is C34H34BrN3O4. The van der Waals surface area contributed by atoms with Crippen LogP contribution in [0.1, 0.15) is 40.3 Å². The minimum absolute atomic E-state index is 0.0754. The third-order valence-electron chi connectivity index (χ3n) is 7.10. The van der Waals surface area contributed by atoms with Crippen LogP contribution in [0.5, 0.6) is 5.75 Å². The molecule has 42 heavy (non-hydrogen) atoms. The molecule has 0 saturated heterocycles. The molecule has 7 nitrogen and oxygen atoms in total. The van der Waals surface area contributed by atoms with Crippen LogP contribution in [0, 0.1) is 6.92 Å². The van der Waals surface area contributed by atoms with Gasteiger partial charge in [0.25, 0.3) is 5.91 Å². The molecule has 1 aliphatic rings. The third kappa shape index (κ3) is 7.07. The molecule has 8 heteroatoms. The number of halogens is 1. The number of amides is 1. The lowest BCUT2D eigenvalue weighted by atomic mass is 9.82. The van der Waals surface area contributed by atoms with Crippen molar-refractivity contribution in [3.8, 4) is 5.75 Å². The lowest BCUT2D eigenvalue weighted by Crippen LogP contribution is -2.53. The van der Waals surface area contributed by atoms with Gasteiger partial charge in [-0.25, -0.2) is 10.4 Å². The van der Waals surface area contributed by atoms with Gasteiger partial charge in [-0.15, -0.1) is 0 Å². The number of aliphatic imine (C=N–C) groups is 1. The van der Waals surface area contributed by atoms with Gasteiger partial charge in [0, 0.05) is 36.0 Å². The number of carbonyl (C=O) groups excluding carboxylic acids is 1. The standard InChI is InChI=1S/C34H34BrN3O4/c1-24-7-5-8-26(21-24)23-36-38-33(40)34(22-25-11-15-29(35)16-12-25)31(27-9-3-2-4-10-27)42-32(37-34)28-13-17-30(18-14-28)41-20-6-19-39/h2-5,7-18,21,31,36,39H,6,19-20,22-23H2,1H3,(H,38,40)/t31-,34-/m0/s1. The van der Waals surface area contributed by atoms with Crippen LogP contribution in [0.25, 0.3) is 0 Å². The summed E-state index contributed by atoms with van der Waals surface area (Å²) < 4.78 is 13.2. The highest BCUT2D eigenvalue weighted by Crippen LogP contribution is 2.42. The fourth-order valence-corrected chi connectivity index (χ4v) is 5.24. The van der Waals surface area contributed by atoms with Crippen LogP contribution in [0.3, 0.4) is 0 Å². The van der Waals surface area contributed by atoms with Crippen molar-refractivity contribution in [3.05, 3.63) is 135 Å². The summed E-state index contributed by atoms with van der Waals surface area (Å²) in [6.07, 6.45) is 0.213.